The van der Waals surface area contributed by atoms with E-state index < -0.39 is 17.9 Å². The summed E-state index contributed by atoms with van der Waals surface area (Å²) < 4.78 is 0. The summed E-state index contributed by atoms with van der Waals surface area (Å²) >= 11 is 0. The zero-order valence-corrected chi connectivity index (χ0v) is 9.86. The van der Waals surface area contributed by atoms with Crippen LogP contribution >= 0.6 is 0 Å². The summed E-state index contributed by atoms with van der Waals surface area (Å²) in [6.45, 7) is 3.49. The fourth-order valence-electron chi connectivity index (χ4n) is 1.40. The van der Waals surface area contributed by atoms with E-state index in [1.54, 1.807) is 32.0 Å². The number of carbonyl (C=O) groups is 2. The highest BCUT2D eigenvalue weighted by Crippen LogP contribution is 2.12. The normalized spacial score (nSPS) is 11.9. The maximum atomic E-state index is 11.8. The lowest BCUT2D eigenvalue weighted by atomic mass is 10.1. The molecular formula is C12H16N2O3. The second kappa shape index (κ2) is 5.34. The minimum absolute atomic E-state index is 0.342. The number of amides is 1. The minimum atomic E-state index is -1.03. The highest BCUT2D eigenvalue weighted by atomic mass is 16.4. The van der Waals surface area contributed by atoms with Crippen molar-refractivity contribution in [2.45, 2.75) is 26.3 Å². The first kappa shape index (κ1) is 13.0. The van der Waals surface area contributed by atoms with Crippen LogP contribution < -0.4 is 11.1 Å². The Morgan fingerprint density at radius 1 is 1.47 bits per heavy atom. The van der Waals surface area contributed by atoms with Crippen LogP contribution in [0, 0.1) is 6.92 Å². The molecule has 0 aliphatic carbocycles. The third-order valence-corrected chi connectivity index (χ3v) is 2.54. The number of hydrogen-bond acceptors (Lipinski definition) is 3. The summed E-state index contributed by atoms with van der Waals surface area (Å²) in [6, 6.07) is 3.98. The van der Waals surface area contributed by atoms with Crippen molar-refractivity contribution in [3.05, 3.63) is 29.3 Å². The van der Waals surface area contributed by atoms with Crippen LogP contribution in [0.3, 0.4) is 0 Å². The molecule has 0 saturated heterocycles. The number of benzene rings is 1. The standard InChI is InChI=1S/C12H16N2O3/c1-3-10(12(16)17)14-11(15)8-4-5-9(13)7(2)6-8/h4-6,10H,3,13H2,1-2H3,(H,14,15)(H,16,17)/t10-/m1/s1. The van der Waals surface area contributed by atoms with Crippen molar-refractivity contribution in [2.24, 2.45) is 0 Å². The van der Waals surface area contributed by atoms with E-state index >= 15 is 0 Å². The van der Waals surface area contributed by atoms with Gasteiger partial charge in [-0.15, -0.1) is 0 Å². The minimum Gasteiger partial charge on any atom is -0.480 e. The lowest BCUT2D eigenvalue weighted by Crippen LogP contribution is -2.40. The molecule has 92 valence electrons. The van der Waals surface area contributed by atoms with Crippen molar-refractivity contribution in [3.8, 4) is 0 Å². The van der Waals surface area contributed by atoms with Crippen molar-refractivity contribution < 1.29 is 14.7 Å². The van der Waals surface area contributed by atoms with Gasteiger partial charge in [0.2, 0.25) is 0 Å². The maximum Gasteiger partial charge on any atom is 0.326 e. The number of rotatable bonds is 4. The summed E-state index contributed by atoms with van der Waals surface area (Å²) in [6.07, 6.45) is 0.342. The largest absolute Gasteiger partial charge is 0.480 e. The van der Waals surface area contributed by atoms with Gasteiger partial charge in [0.15, 0.2) is 0 Å². The molecule has 0 aromatic heterocycles. The van der Waals surface area contributed by atoms with E-state index in [0.29, 0.717) is 17.7 Å². The zero-order chi connectivity index (χ0) is 13.0. The van der Waals surface area contributed by atoms with E-state index in [1.807, 2.05) is 0 Å². The van der Waals surface area contributed by atoms with Crippen molar-refractivity contribution in [1.29, 1.82) is 0 Å². The summed E-state index contributed by atoms with van der Waals surface area (Å²) in [5.41, 5.74) is 7.45. The first-order chi connectivity index (χ1) is 7.95. The van der Waals surface area contributed by atoms with Crippen LogP contribution in [0.1, 0.15) is 29.3 Å². The van der Waals surface area contributed by atoms with Crippen LogP contribution in [0.5, 0.6) is 0 Å². The number of hydrogen-bond donors (Lipinski definition) is 3. The Labute approximate surface area is 99.6 Å². The third-order valence-electron chi connectivity index (χ3n) is 2.54. The number of carboxylic acids is 1. The number of aryl methyl sites for hydroxylation is 1. The molecule has 0 unspecified atom stereocenters. The Hall–Kier alpha value is -2.04. The quantitative estimate of drug-likeness (QED) is 0.684. The van der Waals surface area contributed by atoms with Gasteiger partial charge in [-0.25, -0.2) is 4.79 Å². The molecule has 4 N–H and O–H groups in total. The van der Waals surface area contributed by atoms with Crippen molar-refractivity contribution >= 4 is 17.6 Å². The summed E-state index contributed by atoms with van der Waals surface area (Å²) in [7, 11) is 0. The third kappa shape index (κ3) is 3.21. The van der Waals surface area contributed by atoms with E-state index in [-0.39, 0.29) is 0 Å². The predicted molar refractivity (Wildman–Crippen MR) is 64.8 cm³/mol. The summed E-state index contributed by atoms with van der Waals surface area (Å²) in [4.78, 5) is 22.6. The van der Waals surface area contributed by atoms with Crippen LogP contribution in [0.15, 0.2) is 18.2 Å². The SMILES string of the molecule is CC[C@@H](NC(=O)c1ccc(N)c(C)c1)C(=O)O. The Balaban J connectivity index is 2.82. The molecule has 0 heterocycles. The average molecular weight is 236 g/mol. The second-order valence-electron chi connectivity index (χ2n) is 3.84. The summed E-state index contributed by atoms with van der Waals surface area (Å²) in [5, 5.41) is 11.3. The van der Waals surface area contributed by atoms with Gasteiger partial charge in [0.05, 0.1) is 0 Å². The number of carboxylic acid groups (broad SMARTS) is 1. The molecule has 0 bridgehead atoms. The monoisotopic (exact) mass is 236 g/mol. The van der Waals surface area contributed by atoms with Gasteiger partial charge < -0.3 is 16.2 Å². The smallest absolute Gasteiger partial charge is 0.326 e. The molecule has 1 aromatic carbocycles. The number of anilines is 1. The van der Waals surface area contributed by atoms with Gasteiger partial charge in [-0.2, -0.15) is 0 Å². The highest BCUT2D eigenvalue weighted by molar-refractivity contribution is 5.97. The number of nitrogens with one attached hydrogen (secondary N) is 1. The first-order valence-corrected chi connectivity index (χ1v) is 5.35. The number of nitrogen functional groups attached to an aromatic ring is 1. The topological polar surface area (TPSA) is 92.4 Å². The van der Waals surface area contributed by atoms with Crippen molar-refractivity contribution in [3.63, 3.8) is 0 Å². The molecule has 1 aromatic rings. The average Bonchev–Trinajstić information content (AvgIpc) is 2.28. The van der Waals surface area contributed by atoms with Gasteiger partial charge >= 0.3 is 5.97 Å². The summed E-state index contributed by atoms with van der Waals surface area (Å²) in [5.74, 6) is -1.43. The first-order valence-electron chi connectivity index (χ1n) is 5.35. The zero-order valence-electron chi connectivity index (χ0n) is 9.86. The molecular weight excluding hydrogens is 220 g/mol. The fourth-order valence-corrected chi connectivity index (χ4v) is 1.40. The van der Waals surface area contributed by atoms with Crippen molar-refractivity contribution in [1.82, 2.24) is 5.32 Å². The van der Waals surface area contributed by atoms with Crippen LogP contribution in [0.4, 0.5) is 5.69 Å². The molecule has 1 atom stereocenters. The van der Waals surface area contributed by atoms with E-state index in [2.05, 4.69) is 5.32 Å². The van der Waals surface area contributed by atoms with Gasteiger partial charge in [-0.3, -0.25) is 4.79 Å². The number of nitrogens with two attached hydrogens (primary N) is 1. The van der Waals surface area contributed by atoms with Crippen LogP contribution in [0.25, 0.3) is 0 Å². The van der Waals surface area contributed by atoms with Crippen LogP contribution in [-0.2, 0) is 4.79 Å². The Morgan fingerprint density at radius 3 is 2.59 bits per heavy atom. The predicted octanol–water partition coefficient (Wildman–Crippen LogP) is 1.17. The lowest BCUT2D eigenvalue weighted by molar-refractivity contribution is -0.139. The van der Waals surface area contributed by atoms with E-state index in [9.17, 15) is 9.59 Å². The van der Waals surface area contributed by atoms with Gasteiger partial charge in [0.1, 0.15) is 6.04 Å². The lowest BCUT2D eigenvalue weighted by Gasteiger charge is -2.12. The van der Waals surface area contributed by atoms with Crippen LogP contribution in [-0.4, -0.2) is 23.0 Å². The molecule has 5 nitrogen and oxygen atoms in total. The maximum absolute atomic E-state index is 11.8. The molecule has 0 radical (unpaired) electrons. The van der Waals surface area contributed by atoms with Gasteiger partial charge in [-0.05, 0) is 37.1 Å². The molecule has 0 fully saturated rings. The van der Waals surface area contributed by atoms with E-state index in [0.717, 1.165) is 5.56 Å². The highest BCUT2D eigenvalue weighted by Gasteiger charge is 2.18. The molecule has 1 amide bonds. The Kier molecular flexibility index (Phi) is 4.09. The Morgan fingerprint density at radius 2 is 2.12 bits per heavy atom. The van der Waals surface area contributed by atoms with Crippen LogP contribution in [0.2, 0.25) is 0 Å². The van der Waals surface area contributed by atoms with E-state index in [4.69, 9.17) is 10.8 Å². The molecule has 0 saturated carbocycles. The molecule has 5 heteroatoms. The molecule has 1 rings (SSSR count). The molecule has 17 heavy (non-hydrogen) atoms. The van der Waals surface area contributed by atoms with Gasteiger partial charge in [0, 0.05) is 11.3 Å². The molecule has 0 aliphatic rings. The molecule has 0 aliphatic heterocycles. The number of carbonyl (C=O) groups excluding carboxylic acids is 1. The van der Waals surface area contributed by atoms with E-state index in [1.165, 1.54) is 0 Å². The Bertz CT molecular complexity index is 443. The second-order valence-corrected chi connectivity index (χ2v) is 3.84. The number of aliphatic carboxylic acids is 1. The van der Waals surface area contributed by atoms with Crippen molar-refractivity contribution in [2.75, 3.05) is 5.73 Å². The molecule has 0 spiro atoms. The van der Waals surface area contributed by atoms with Gasteiger partial charge in [0.25, 0.3) is 5.91 Å². The fraction of sp³-hybridized carbons (Fsp3) is 0.333. The van der Waals surface area contributed by atoms with Gasteiger partial charge in [-0.1, -0.05) is 6.92 Å².